The number of nitrogens with zero attached hydrogens (tertiary/aromatic N) is 1. The Morgan fingerprint density at radius 2 is 1.75 bits per heavy atom. The van der Waals surface area contributed by atoms with E-state index < -0.39 is 17.7 Å². The molecule has 0 aliphatic carbocycles. The van der Waals surface area contributed by atoms with Crippen LogP contribution in [0, 0.1) is 11.6 Å². The first kappa shape index (κ1) is 22.1. The molecule has 0 bridgehead atoms. The van der Waals surface area contributed by atoms with Crippen molar-refractivity contribution in [3.63, 3.8) is 0 Å². The number of hydrogen-bond donors (Lipinski definition) is 1. The highest BCUT2D eigenvalue weighted by Gasteiger charge is 2.15. The lowest BCUT2D eigenvalue weighted by Gasteiger charge is -2.25. The summed E-state index contributed by atoms with van der Waals surface area (Å²) in [6.07, 6.45) is -0.0427. The van der Waals surface area contributed by atoms with Gasteiger partial charge < -0.3 is 19.3 Å². The van der Waals surface area contributed by atoms with Gasteiger partial charge in [-0.3, -0.25) is 4.90 Å². The van der Waals surface area contributed by atoms with E-state index in [-0.39, 0.29) is 19.7 Å². The molecule has 0 amide bonds. The molecule has 2 aromatic carbocycles. The summed E-state index contributed by atoms with van der Waals surface area (Å²) >= 11 is 0. The molecule has 5 nitrogen and oxygen atoms in total. The molecule has 0 unspecified atom stereocenters. The van der Waals surface area contributed by atoms with Crippen molar-refractivity contribution >= 4 is 0 Å². The van der Waals surface area contributed by atoms with Gasteiger partial charge in [0.15, 0.2) is 0 Å². The Kier molecular flexibility index (Phi) is 9.13. The summed E-state index contributed by atoms with van der Waals surface area (Å²) in [7, 11) is 3.20. The van der Waals surface area contributed by atoms with Crippen molar-refractivity contribution in [1.29, 1.82) is 0 Å². The summed E-state index contributed by atoms with van der Waals surface area (Å²) < 4.78 is 42.9. The van der Waals surface area contributed by atoms with Crippen LogP contribution in [-0.2, 0) is 11.3 Å². The van der Waals surface area contributed by atoms with Crippen molar-refractivity contribution in [2.75, 3.05) is 40.5 Å². The smallest absolute Gasteiger partial charge is 0.130 e. The molecule has 0 saturated carbocycles. The number of ether oxygens (including phenoxy) is 3. The van der Waals surface area contributed by atoms with Crippen LogP contribution >= 0.6 is 0 Å². The summed E-state index contributed by atoms with van der Waals surface area (Å²) in [5, 5.41) is 10.4. The first-order valence-electron chi connectivity index (χ1n) is 9.12. The average molecular weight is 395 g/mol. The number of rotatable bonds is 12. The molecule has 0 aliphatic rings. The van der Waals surface area contributed by atoms with Gasteiger partial charge in [-0.2, -0.15) is 0 Å². The van der Waals surface area contributed by atoms with Gasteiger partial charge in [0.1, 0.15) is 35.8 Å². The molecule has 0 heterocycles. The zero-order valence-corrected chi connectivity index (χ0v) is 16.2. The fourth-order valence-electron chi connectivity index (χ4n) is 2.77. The van der Waals surface area contributed by atoms with Crippen molar-refractivity contribution in [1.82, 2.24) is 4.90 Å². The second kappa shape index (κ2) is 11.6. The van der Waals surface area contributed by atoms with E-state index in [4.69, 9.17) is 14.2 Å². The standard InChI is InChI=1S/C21H27F2NO4/c1-26-11-3-10-24(13-16-4-5-17(22)12-21(16)23)14-18(25)15-28-20-8-6-19(27-2)7-9-20/h4-9,12,18,25H,3,10-11,13-15H2,1-2H3/t18-/m1/s1. The predicted molar refractivity (Wildman–Crippen MR) is 103 cm³/mol. The summed E-state index contributed by atoms with van der Waals surface area (Å²) in [6.45, 7) is 1.80. The molecule has 7 heteroatoms. The lowest BCUT2D eigenvalue weighted by molar-refractivity contribution is 0.0613. The maximum Gasteiger partial charge on any atom is 0.130 e. The zero-order chi connectivity index (χ0) is 20.4. The van der Waals surface area contributed by atoms with Crippen molar-refractivity contribution < 1.29 is 28.1 Å². The minimum Gasteiger partial charge on any atom is -0.497 e. The molecular formula is C21H27F2NO4. The molecule has 0 radical (unpaired) electrons. The molecule has 1 atom stereocenters. The monoisotopic (exact) mass is 395 g/mol. The van der Waals surface area contributed by atoms with E-state index in [1.54, 1.807) is 38.5 Å². The molecule has 0 fully saturated rings. The highest BCUT2D eigenvalue weighted by molar-refractivity contribution is 5.31. The second-order valence-corrected chi connectivity index (χ2v) is 6.46. The Bertz CT molecular complexity index is 712. The van der Waals surface area contributed by atoms with E-state index in [2.05, 4.69) is 0 Å². The van der Waals surface area contributed by atoms with Crippen LogP contribution in [-0.4, -0.2) is 56.6 Å². The van der Waals surface area contributed by atoms with Crippen LogP contribution in [0.15, 0.2) is 42.5 Å². The molecular weight excluding hydrogens is 368 g/mol. The molecule has 0 spiro atoms. The third-order valence-electron chi connectivity index (χ3n) is 4.20. The van der Waals surface area contributed by atoms with E-state index in [0.717, 1.165) is 18.2 Å². The van der Waals surface area contributed by atoms with E-state index in [1.807, 2.05) is 4.90 Å². The van der Waals surface area contributed by atoms with Crippen LogP contribution in [0.1, 0.15) is 12.0 Å². The normalized spacial score (nSPS) is 12.2. The second-order valence-electron chi connectivity index (χ2n) is 6.46. The summed E-state index contributed by atoms with van der Waals surface area (Å²) in [4.78, 5) is 1.90. The van der Waals surface area contributed by atoms with E-state index in [0.29, 0.717) is 24.5 Å². The lowest BCUT2D eigenvalue weighted by atomic mass is 10.1. The van der Waals surface area contributed by atoms with Crippen LogP contribution in [0.4, 0.5) is 8.78 Å². The van der Waals surface area contributed by atoms with Gasteiger partial charge in [0, 0.05) is 45.0 Å². The van der Waals surface area contributed by atoms with Crippen LogP contribution in [0.3, 0.4) is 0 Å². The van der Waals surface area contributed by atoms with Gasteiger partial charge in [-0.25, -0.2) is 8.78 Å². The Morgan fingerprint density at radius 1 is 1.04 bits per heavy atom. The highest BCUT2D eigenvalue weighted by Crippen LogP contribution is 2.17. The predicted octanol–water partition coefficient (Wildman–Crippen LogP) is 3.25. The number of halogens is 2. The molecule has 0 aromatic heterocycles. The fraction of sp³-hybridized carbons (Fsp3) is 0.429. The topological polar surface area (TPSA) is 51.2 Å². The lowest BCUT2D eigenvalue weighted by Crippen LogP contribution is -2.36. The highest BCUT2D eigenvalue weighted by atomic mass is 19.1. The minimum atomic E-state index is -0.770. The maximum atomic E-state index is 14.0. The number of benzene rings is 2. The van der Waals surface area contributed by atoms with E-state index >= 15 is 0 Å². The van der Waals surface area contributed by atoms with Crippen LogP contribution in [0.2, 0.25) is 0 Å². The third kappa shape index (κ3) is 7.42. The SMILES string of the molecule is COCCCN(Cc1ccc(F)cc1F)C[C@@H](O)COc1ccc(OC)cc1. The largest absolute Gasteiger partial charge is 0.497 e. The third-order valence-corrected chi connectivity index (χ3v) is 4.20. The molecule has 2 aromatic rings. The van der Waals surface area contributed by atoms with Crippen molar-refractivity contribution in [2.24, 2.45) is 0 Å². The molecule has 2 rings (SSSR count). The van der Waals surface area contributed by atoms with E-state index in [1.165, 1.54) is 12.1 Å². The quantitative estimate of drug-likeness (QED) is 0.559. The Morgan fingerprint density at radius 3 is 2.39 bits per heavy atom. The summed E-state index contributed by atoms with van der Waals surface area (Å²) in [5.41, 5.74) is 0.377. The average Bonchev–Trinajstić information content (AvgIpc) is 2.69. The molecule has 0 aliphatic heterocycles. The van der Waals surface area contributed by atoms with Crippen LogP contribution in [0.25, 0.3) is 0 Å². The zero-order valence-electron chi connectivity index (χ0n) is 16.2. The first-order valence-corrected chi connectivity index (χ1v) is 9.12. The van der Waals surface area contributed by atoms with Crippen molar-refractivity contribution in [3.8, 4) is 11.5 Å². The van der Waals surface area contributed by atoms with E-state index in [9.17, 15) is 13.9 Å². The van der Waals surface area contributed by atoms with Gasteiger partial charge in [0.25, 0.3) is 0 Å². The van der Waals surface area contributed by atoms with Gasteiger partial charge in [0.2, 0.25) is 0 Å². The molecule has 1 N–H and O–H groups in total. The Hall–Kier alpha value is -2.22. The van der Waals surface area contributed by atoms with Gasteiger partial charge in [0.05, 0.1) is 7.11 Å². The van der Waals surface area contributed by atoms with Gasteiger partial charge >= 0.3 is 0 Å². The van der Waals surface area contributed by atoms with Gasteiger partial charge in [-0.15, -0.1) is 0 Å². The van der Waals surface area contributed by atoms with Gasteiger partial charge in [-0.05, 0) is 36.8 Å². The van der Waals surface area contributed by atoms with Crippen LogP contribution < -0.4 is 9.47 Å². The first-order chi connectivity index (χ1) is 13.5. The minimum absolute atomic E-state index is 0.0962. The summed E-state index contributed by atoms with van der Waals surface area (Å²) in [6, 6.07) is 10.6. The fourth-order valence-corrected chi connectivity index (χ4v) is 2.77. The number of methoxy groups -OCH3 is 2. The number of hydrogen-bond acceptors (Lipinski definition) is 5. The number of aliphatic hydroxyl groups is 1. The summed E-state index contributed by atoms with van der Waals surface area (Å²) in [5.74, 6) is 0.134. The Labute approximate surface area is 164 Å². The van der Waals surface area contributed by atoms with Crippen molar-refractivity contribution in [2.45, 2.75) is 19.1 Å². The molecule has 154 valence electrons. The Balaban J connectivity index is 1.91. The van der Waals surface area contributed by atoms with Crippen molar-refractivity contribution in [3.05, 3.63) is 59.7 Å². The molecule has 28 heavy (non-hydrogen) atoms. The molecule has 0 saturated heterocycles. The maximum absolute atomic E-state index is 14.0. The van der Waals surface area contributed by atoms with Crippen LogP contribution in [0.5, 0.6) is 11.5 Å². The van der Waals surface area contributed by atoms with Gasteiger partial charge in [-0.1, -0.05) is 6.07 Å². The number of aliphatic hydroxyl groups excluding tert-OH is 1.